The average Bonchev–Trinajstić information content (AvgIpc) is 2.28. The molecule has 2 N–H and O–H groups in total. The highest BCUT2D eigenvalue weighted by Crippen LogP contribution is 2.28. The number of hydrogen-bond acceptors (Lipinski definition) is 3. The molecule has 0 spiro atoms. The third kappa shape index (κ3) is 2.52. The summed E-state index contributed by atoms with van der Waals surface area (Å²) in [6.07, 6.45) is -3.40. The van der Waals surface area contributed by atoms with Crippen LogP contribution in [0.25, 0.3) is 11.4 Å². The van der Waals surface area contributed by atoms with Crippen LogP contribution in [0.5, 0.6) is 0 Å². The van der Waals surface area contributed by atoms with Crippen molar-refractivity contribution in [3.05, 3.63) is 42.2 Å². The van der Waals surface area contributed by atoms with Crippen molar-refractivity contribution in [2.24, 2.45) is 0 Å². The first-order valence-corrected chi connectivity index (χ1v) is 4.73. The maximum Gasteiger partial charge on any atom is 0.433 e. The van der Waals surface area contributed by atoms with E-state index in [1.807, 2.05) is 0 Å². The molecule has 0 atom stereocenters. The number of rotatable bonds is 1. The zero-order valence-electron chi connectivity index (χ0n) is 8.57. The summed E-state index contributed by atoms with van der Waals surface area (Å²) in [7, 11) is 0. The molecular formula is C11H8F3N3. The number of halogens is 3. The Morgan fingerprint density at radius 2 is 1.88 bits per heavy atom. The van der Waals surface area contributed by atoms with Crippen molar-refractivity contribution in [3.8, 4) is 11.4 Å². The van der Waals surface area contributed by atoms with Crippen LogP contribution < -0.4 is 5.73 Å². The molecule has 0 amide bonds. The van der Waals surface area contributed by atoms with Gasteiger partial charge in [0, 0.05) is 17.4 Å². The number of benzene rings is 1. The molecule has 0 saturated carbocycles. The van der Waals surface area contributed by atoms with E-state index < -0.39 is 11.9 Å². The quantitative estimate of drug-likeness (QED) is 0.778. The van der Waals surface area contributed by atoms with Gasteiger partial charge in [-0.05, 0) is 18.2 Å². The average molecular weight is 239 g/mol. The number of aromatic nitrogens is 2. The molecule has 17 heavy (non-hydrogen) atoms. The van der Waals surface area contributed by atoms with Gasteiger partial charge in [0.2, 0.25) is 0 Å². The molecule has 0 radical (unpaired) electrons. The van der Waals surface area contributed by atoms with E-state index in [9.17, 15) is 13.2 Å². The molecule has 88 valence electrons. The molecule has 0 aliphatic heterocycles. The van der Waals surface area contributed by atoms with Crippen molar-refractivity contribution in [2.45, 2.75) is 6.18 Å². The largest absolute Gasteiger partial charge is 0.433 e. The van der Waals surface area contributed by atoms with Crippen LogP contribution >= 0.6 is 0 Å². The number of anilines is 1. The summed E-state index contributed by atoms with van der Waals surface area (Å²) < 4.78 is 37.3. The summed E-state index contributed by atoms with van der Waals surface area (Å²) in [4.78, 5) is 7.26. The van der Waals surface area contributed by atoms with Crippen LogP contribution in [0.3, 0.4) is 0 Å². The van der Waals surface area contributed by atoms with Crippen molar-refractivity contribution in [1.29, 1.82) is 0 Å². The Labute approximate surface area is 95.1 Å². The first-order chi connectivity index (χ1) is 7.97. The molecule has 0 bridgehead atoms. The summed E-state index contributed by atoms with van der Waals surface area (Å²) in [6.45, 7) is 0. The lowest BCUT2D eigenvalue weighted by Crippen LogP contribution is -2.09. The first kappa shape index (κ1) is 11.4. The van der Waals surface area contributed by atoms with Gasteiger partial charge in [0.1, 0.15) is 5.69 Å². The molecule has 2 aromatic rings. The molecular weight excluding hydrogens is 231 g/mol. The van der Waals surface area contributed by atoms with Crippen LogP contribution in [-0.4, -0.2) is 9.97 Å². The maximum atomic E-state index is 12.4. The van der Waals surface area contributed by atoms with Gasteiger partial charge in [0.25, 0.3) is 0 Å². The monoisotopic (exact) mass is 239 g/mol. The van der Waals surface area contributed by atoms with Crippen LogP contribution in [0.1, 0.15) is 5.69 Å². The predicted octanol–water partition coefficient (Wildman–Crippen LogP) is 2.74. The van der Waals surface area contributed by atoms with Crippen molar-refractivity contribution in [1.82, 2.24) is 9.97 Å². The highest BCUT2D eigenvalue weighted by Gasteiger charge is 2.32. The smallest absolute Gasteiger partial charge is 0.399 e. The van der Waals surface area contributed by atoms with E-state index >= 15 is 0 Å². The van der Waals surface area contributed by atoms with Gasteiger partial charge in [-0.15, -0.1) is 0 Å². The Hall–Kier alpha value is -2.11. The highest BCUT2D eigenvalue weighted by molar-refractivity contribution is 5.60. The molecule has 0 saturated heterocycles. The summed E-state index contributed by atoms with van der Waals surface area (Å²) in [5.41, 5.74) is 5.48. The van der Waals surface area contributed by atoms with Gasteiger partial charge >= 0.3 is 6.18 Å². The second kappa shape index (κ2) is 4.04. The fourth-order valence-electron chi connectivity index (χ4n) is 1.33. The Bertz CT molecular complexity index is 537. The van der Waals surface area contributed by atoms with E-state index in [2.05, 4.69) is 9.97 Å². The van der Waals surface area contributed by atoms with Crippen molar-refractivity contribution in [2.75, 3.05) is 5.73 Å². The predicted molar refractivity (Wildman–Crippen MR) is 56.9 cm³/mol. The Balaban J connectivity index is 2.47. The first-order valence-electron chi connectivity index (χ1n) is 4.73. The van der Waals surface area contributed by atoms with Crippen molar-refractivity contribution >= 4 is 5.69 Å². The number of nitrogen functional groups attached to an aromatic ring is 1. The molecule has 0 fully saturated rings. The third-order valence-electron chi connectivity index (χ3n) is 2.09. The van der Waals surface area contributed by atoms with Gasteiger partial charge in [-0.25, -0.2) is 9.97 Å². The van der Waals surface area contributed by atoms with E-state index in [4.69, 9.17) is 5.73 Å². The molecule has 2 rings (SSSR count). The van der Waals surface area contributed by atoms with Crippen LogP contribution in [0.2, 0.25) is 0 Å². The zero-order chi connectivity index (χ0) is 12.5. The fraction of sp³-hybridized carbons (Fsp3) is 0.0909. The summed E-state index contributed by atoms with van der Waals surface area (Å²) in [5.74, 6) is 0.00660. The van der Waals surface area contributed by atoms with Gasteiger partial charge < -0.3 is 5.73 Å². The molecule has 0 aliphatic rings. The minimum absolute atomic E-state index is 0.00660. The van der Waals surface area contributed by atoms with Gasteiger partial charge in [0.15, 0.2) is 5.82 Å². The van der Waals surface area contributed by atoms with Crippen molar-refractivity contribution < 1.29 is 13.2 Å². The number of hydrogen-bond donors (Lipinski definition) is 1. The molecule has 1 heterocycles. The third-order valence-corrected chi connectivity index (χ3v) is 2.09. The van der Waals surface area contributed by atoms with E-state index in [-0.39, 0.29) is 5.82 Å². The van der Waals surface area contributed by atoms with Crippen LogP contribution in [0, 0.1) is 0 Å². The van der Waals surface area contributed by atoms with Gasteiger partial charge in [0.05, 0.1) is 0 Å². The van der Waals surface area contributed by atoms with E-state index in [1.165, 1.54) is 6.07 Å². The van der Waals surface area contributed by atoms with E-state index in [0.29, 0.717) is 11.3 Å². The standard InChI is InChI=1S/C11H8F3N3/c12-11(13,14)9-4-5-16-10(17-9)7-2-1-3-8(15)6-7/h1-6H,15H2. The minimum atomic E-state index is -4.47. The van der Waals surface area contributed by atoms with Crippen LogP contribution in [0.15, 0.2) is 36.5 Å². The Morgan fingerprint density at radius 1 is 1.12 bits per heavy atom. The van der Waals surface area contributed by atoms with Gasteiger partial charge in [-0.2, -0.15) is 13.2 Å². The second-order valence-electron chi connectivity index (χ2n) is 3.39. The van der Waals surface area contributed by atoms with Crippen molar-refractivity contribution in [3.63, 3.8) is 0 Å². The molecule has 6 heteroatoms. The Morgan fingerprint density at radius 3 is 2.53 bits per heavy atom. The number of alkyl halides is 3. The van der Waals surface area contributed by atoms with Crippen LogP contribution in [-0.2, 0) is 6.18 Å². The SMILES string of the molecule is Nc1cccc(-c2nccc(C(F)(F)F)n2)c1. The number of nitrogens with two attached hydrogens (primary N) is 1. The molecule has 1 aromatic heterocycles. The second-order valence-corrected chi connectivity index (χ2v) is 3.39. The molecule has 0 unspecified atom stereocenters. The minimum Gasteiger partial charge on any atom is -0.399 e. The van der Waals surface area contributed by atoms with E-state index in [1.54, 1.807) is 18.2 Å². The molecule has 0 aliphatic carbocycles. The summed E-state index contributed by atoms with van der Waals surface area (Å²) >= 11 is 0. The zero-order valence-corrected chi connectivity index (χ0v) is 8.57. The maximum absolute atomic E-state index is 12.4. The lowest BCUT2D eigenvalue weighted by Gasteiger charge is -2.07. The molecule has 1 aromatic carbocycles. The van der Waals surface area contributed by atoms with Gasteiger partial charge in [-0.1, -0.05) is 12.1 Å². The normalized spacial score (nSPS) is 11.5. The molecule has 3 nitrogen and oxygen atoms in total. The highest BCUT2D eigenvalue weighted by atomic mass is 19.4. The lowest BCUT2D eigenvalue weighted by atomic mass is 10.2. The summed E-state index contributed by atoms with van der Waals surface area (Å²) in [6, 6.07) is 7.22. The number of nitrogens with zero attached hydrogens (tertiary/aromatic N) is 2. The summed E-state index contributed by atoms with van der Waals surface area (Å²) in [5, 5.41) is 0. The van der Waals surface area contributed by atoms with Gasteiger partial charge in [-0.3, -0.25) is 0 Å². The topological polar surface area (TPSA) is 51.8 Å². The Kier molecular flexibility index (Phi) is 2.71. The van der Waals surface area contributed by atoms with Crippen LogP contribution in [0.4, 0.5) is 18.9 Å². The fourth-order valence-corrected chi connectivity index (χ4v) is 1.33. The lowest BCUT2D eigenvalue weighted by molar-refractivity contribution is -0.141. The van der Waals surface area contributed by atoms with E-state index in [0.717, 1.165) is 12.3 Å².